The summed E-state index contributed by atoms with van der Waals surface area (Å²) in [7, 11) is -3.50. The van der Waals surface area contributed by atoms with Crippen LogP contribution in [0, 0.1) is 0 Å². The Balaban J connectivity index is 2.63. The van der Waals surface area contributed by atoms with Gasteiger partial charge in [-0.1, -0.05) is 0 Å². The van der Waals surface area contributed by atoms with Gasteiger partial charge >= 0.3 is 0 Å². The Hall–Kier alpha value is -0.630. The van der Waals surface area contributed by atoms with Crippen LogP contribution in [0.25, 0.3) is 0 Å². The number of nitrogens with one attached hydrogen (secondary N) is 1. The molecule has 0 amide bonds. The second-order valence-electron chi connectivity index (χ2n) is 3.64. The molecule has 0 saturated heterocycles. The van der Waals surface area contributed by atoms with E-state index in [9.17, 15) is 8.42 Å². The Morgan fingerprint density at radius 2 is 2.17 bits per heavy atom. The molecule has 0 heterocycles. The van der Waals surface area contributed by atoms with Crippen LogP contribution >= 0.6 is 15.9 Å². The predicted octanol–water partition coefficient (Wildman–Crippen LogP) is 1.74. The molecule has 0 atom stereocenters. The molecule has 0 radical (unpaired) electrons. The maximum atomic E-state index is 12.0. The van der Waals surface area contributed by atoms with E-state index < -0.39 is 10.0 Å². The van der Waals surface area contributed by atoms with Crippen LogP contribution in [0.2, 0.25) is 0 Å². The number of nitrogens with two attached hydrogens (primary N) is 1. The topological polar surface area (TPSA) is 81.4 Å². The molecule has 1 rings (SSSR count). The average Bonchev–Trinajstić information content (AvgIpc) is 2.28. The molecule has 0 bridgehead atoms. The third kappa shape index (κ3) is 4.56. The number of hydrogen-bond donors (Lipinski definition) is 2. The Morgan fingerprint density at radius 1 is 1.44 bits per heavy atom. The highest BCUT2D eigenvalue weighted by Crippen LogP contribution is 2.23. The SMILES string of the molecule is CCOCCCNS(=O)(=O)c1ccc(N)cc1Br. The summed E-state index contributed by atoms with van der Waals surface area (Å²) in [5.41, 5.74) is 6.08. The lowest BCUT2D eigenvalue weighted by Crippen LogP contribution is -2.26. The van der Waals surface area contributed by atoms with Gasteiger partial charge in [0.2, 0.25) is 10.0 Å². The maximum Gasteiger partial charge on any atom is 0.241 e. The van der Waals surface area contributed by atoms with Gasteiger partial charge in [0, 0.05) is 29.9 Å². The van der Waals surface area contributed by atoms with Crippen LogP contribution in [0.4, 0.5) is 5.69 Å². The van der Waals surface area contributed by atoms with Crippen molar-refractivity contribution in [1.29, 1.82) is 0 Å². The Kier molecular flexibility index (Phi) is 6.07. The van der Waals surface area contributed by atoms with Crippen molar-refractivity contribution < 1.29 is 13.2 Å². The number of rotatable bonds is 7. The van der Waals surface area contributed by atoms with Gasteiger partial charge in [-0.05, 0) is 47.5 Å². The number of sulfonamides is 1. The first-order valence-electron chi connectivity index (χ1n) is 5.60. The Morgan fingerprint density at radius 3 is 2.78 bits per heavy atom. The molecule has 5 nitrogen and oxygen atoms in total. The number of anilines is 1. The summed E-state index contributed by atoms with van der Waals surface area (Å²) in [6.07, 6.45) is 0.639. The Bertz CT molecular complexity index is 491. The van der Waals surface area contributed by atoms with Crippen molar-refractivity contribution in [3.8, 4) is 0 Å². The van der Waals surface area contributed by atoms with Gasteiger partial charge in [0.05, 0.1) is 4.90 Å². The number of halogens is 1. The molecule has 0 saturated carbocycles. The summed E-state index contributed by atoms with van der Waals surface area (Å²) in [6.45, 7) is 3.42. The van der Waals surface area contributed by atoms with E-state index in [4.69, 9.17) is 10.5 Å². The fourth-order valence-electron chi connectivity index (χ4n) is 1.34. The first-order valence-corrected chi connectivity index (χ1v) is 7.87. The molecule has 7 heteroatoms. The van der Waals surface area contributed by atoms with Gasteiger partial charge in [-0.2, -0.15) is 0 Å². The van der Waals surface area contributed by atoms with Crippen LogP contribution in [0.5, 0.6) is 0 Å². The molecule has 0 aliphatic rings. The highest BCUT2D eigenvalue weighted by Gasteiger charge is 2.16. The van der Waals surface area contributed by atoms with E-state index in [0.717, 1.165) is 0 Å². The van der Waals surface area contributed by atoms with E-state index in [1.807, 2.05) is 6.92 Å². The van der Waals surface area contributed by atoms with Crippen LogP contribution in [-0.2, 0) is 14.8 Å². The van der Waals surface area contributed by atoms with Crippen LogP contribution in [0.15, 0.2) is 27.6 Å². The molecule has 0 aliphatic carbocycles. The first-order chi connectivity index (χ1) is 8.47. The van der Waals surface area contributed by atoms with Crippen molar-refractivity contribution in [3.63, 3.8) is 0 Å². The fourth-order valence-corrected chi connectivity index (χ4v) is 3.51. The first kappa shape index (κ1) is 15.4. The normalized spacial score (nSPS) is 11.7. The molecule has 1 aromatic carbocycles. The van der Waals surface area contributed by atoms with Crippen LogP contribution in [0.3, 0.4) is 0 Å². The second kappa shape index (κ2) is 7.08. The van der Waals surface area contributed by atoms with Crippen molar-refractivity contribution >= 4 is 31.6 Å². The average molecular weight is 337 g/mol. The van der Waals surface area contributed by atoms with Gasteiger partial charge in [0.25, 0.3) is 0 Å². The van der Waals surface area contributed by atoms with Crippen LogP contribution in [-0.4, -0.2) is 28.2 Å². The summed E-state index contributed by atoms with van der Waals surface area (Å²) < 4.78 is 32.1. The minimum Gasteiger partial charge on any atom is -0.399 e. The number of hydrogen-bond acceptors (Lipinski definition) is 4. The van der Waals surface area contributed by atoms with Gasteiger partial charge in [0.15, 0.2) is 0 Å². The van der Waals surface area contributed by atoms with Gasteiger partial charge in [-0.25, -0.2) is 13.1 Å². The van der Waals surface area contributed by atoms with E-state index in [1.165, 1.54) is 6.07 Å². The van der Waals surface area contributed by atoms with Crippen LogP contribution in [0.1, 0.15) is 13.3 Å². The lowest BCUT2D eigenvalue weighted by molar-refractivity contribution is 0.146. The maximum absolute atomic E-state index is 12.0. The minimum absolute atomic E-state index is 0.188. The molecule has 0 aliphatic heterocycles. The largest absolute Gasteiger partial charge is 0.399 e. The van der Waals surface area contributed by atoms with Crippen molar-refractivity contribution in [3.05, 3.63) is 22.7 Å². The highest BCUT2D eigenvalue weighted by molar-refractivity contribution is 9.10. The molecule has 1 aromatic rings. The third-order valence-electron chi connectivity index (χ3n) is 2.21. The van der Waals surface area contributed by atoms with E-state index >= 15 is 0 Å². The van der Waals surface area contributed by atoms with Gasteiger partial charge in [-0.15, -0.1) is 0 Å². The monoisotopic (exact) mass is 336 g/mol. The van der Waals surface area contributed by atoms with E-state index in [2.05, 4.69) is 20.7 Å². The minimum atomic E-state index is -3.50. The quantitative estimate of drug-likeness (QED) is 0.587. The van der Waals surface area contributed by atoms with Gasteiger partial charge in [0.1, 0.15) is 0 Å². The molecular formula is C11H17BrN2O3S. The molecule has 18 heavy (non-hydrogen) atoms. The number of benzene rings is 1. The van der Waals surface area contributed by atoms with Crippen molar-refractivity contribution in [2.45, 2.75) is 18.2 Å². The smallest absolute Gasteiger partial charge is 0.241 e. The lowest BCUT2D eigenvalue weighted by atomic mass is 10.3. The standard InChI is InChI=1S/C11H17BrN2O3S/c1-2-17-7-3-6-14-18(15,16)11-5-4-9(13)8-10(11)12/h4-5,8,14H,2-3,6-7,13H2,1H3. The van der Waals surface area contributed by atoms with E-state index in [1.54, 1.807) is 12.1 Å². The van der Waals surface area contributed by atoms with Crippen molar-refractivity contribution in [2.24, 2.45) is 0 Å². The molecule has 102 valence electrons. The second-order valence-corrected chi connectivity index (χ2v) is 6.23. The molecule has 0 spiro atoms. The summed E-state index contributed by atoms with van der Waals surface area (Å²) in [5.74, 6) is 0. The van der Waals surface area contributed by atoms with Crippen LogP contribution < -0.4 is 10.5 Å². The van der Waals surface area contributed by atoms with Gasteiger partial charge in [-0.3, -0.25) is 0 Å². The molecule has 0 aromatic heterocycles. The zero-order chi connectivity index (χ0) is 13.6. The highest BCUT2D eigenvalue weighted by atomic mass is 79.9. The van der Waals surface area contributed by atoms with E-state index in [-0.39, 0.29) is 4.90 Å². The van der Waals surface area contributed by atoms with E-state index in [0.29, 0.717) is 36.3 Å². The lowest BCUT2D eigenvalue weighted by Gasteiger charge is -2.09. The predicted molar refractivity (Wildman–Crippen MR) is 74.9 cm³/mol. The zero-order valence-corrected chi connectivity index (χ0v) is 12.6. The molecular weight excluding hydrogens is 320 g/mol. The third-order valence-corrected chi connectivity index (χ3v) is 4.64. The summed E-state index contributed by atoms with van der Waals surface area (Å²) in [4.78, 5) is 0.188. The molecule has 0 unspecified atom stereocenters. The van der Waals surface area contributed by atoms with Gasteiger partial charge < -0.3 is 10.5 Å². The molecule has 3 N–H and O–H groups in total. The summed E-state index contributed by atoms with van der Waals surface area (Å²) >= 11 is 3.19. The summed E-state index contributed by atoms with van der Waals surface area (Å²) in [6, 6.07) is 4.60. The number of ether oxygens (including phenoxy) is 1. The Labute approximate surface area is 116 Å². The van der Waals surface area contributed by atoms with Crippen molar-refractivity contribution in [2.75, 3.05) is 25.5 Å². The fraction of sp³-hybridized carbons (Fsp3) is 0.455. The zero-order valence-electron chi connectivity index (χ0n) is 10.1. The van der Waals surface area contributed by atoms with Crippen molar-refractivity contribution in [1.82, 2.24) is 4.72 Å². The number of nitrogen functional groups attached to an aromatic ring is 1. The summed E-state index contributed by atoms with van der Waals surface area (Å²) in [5, 5.41) is 0. The molecule has 0 fully saturated rings.